The molecule has 4 nitrogen and oxygen atoms in total. The molecule has 0 aromatic heterocycles. The average molecular weight is 523 g/mol. The number of benzene rings is 3. The minimum Gasteiger partial charge on any atom is -0.496 e. The Morgan fingerprint density at radius 2 is 1.72 bits per heavy atom. The van der Waals surface area contributed by atoms with E-state index in [2.05, 4.69) is 27.3 Å². The summed E-state index contributed by atoms with van der Waals surface area (Å²) >= 11 is 9.74. The Kier molecular flexibility index (Phi) is 9.21. The standard InChI is InChI=1S/C25H26BrClFNO3/c1-3-31-24-12-19(15-29-11-10-17-6-4-5-7-23(17)30-2)21(26)14-25(24)32-16-18-8-9-20(28)13-22(18)27/h4-9,12-14,29H,3,10-11,15-16H2,1-2H3. The molecule has 0 spiro atoms. The van der Waals surface area contributed by atoms with Crippen LogP contribution in [-0.4, -0.2) is 20.3 Å². The normalized spacial score (nSPS) is 10.8. The number of hydrogen-bond donors (Lipinski definition) is 1. The quantitative estimate of drug-likeness (QED) is 0.290. The Bertz CT molecular complexity index is 1050. The molecule has 0 saturated heterocycles. The zero-order valence-corrected chi connectivity index (χ0v) is 20.4. The molecule has 0 bridgehead atoms. The van der Waals surface area contributed by atoms with E-state index in [1.54, 1.807) is 13.2 Å². The van der Waals surface area contributed by atoms with Crippen molar-refractivity contribution in [1.82, 2.24) is 5.32 Å². The van der Waals surface area contributed by atoms with Crippen LogP contribution in [0.1, 0.15) is 23.6 Å². The van der Waals surface area contributed by atoms with Gasteiger partial charge in [-0.05, 0) is 61.3 Å². The zero-order valence-electron chi connectivity index (χ0n) is 18.1. The smallest absolute Gasteiger partial charge is 0.162 e. The Morgan fingerprint density at radius 1 is 0.938 bits per heavy atom. The first-order valence-corrected chi connectivity index (χ1v) is 11.5. The van der Waals surface area contributed by atoms with Gasteiger partial charge in [0.15, 0.2) is 11.5 Å². The third-order valence-electron chi connectivity index (χ3n) is 4.89. The van der Waals surface area contributed by atoms with E-state index in [0.717, 1.165) is 28.8 Å². The van der Waals surface area contributed by atoms with Gasteiger partial charge in [-0.15, -0.1) is 0 Å². The Balaban J connectivity index is 1.64. The van der Waals surface area contributed by atoms with Gasteiger partial charge in [0.25, 0.3) is 0 Å². The largest absolute Gasteiger partial charge is 0.496 e. The highest BCUT2D eigenvalue weighted by atomic mass is 79.9. The van der Waals surface area contributed by atoms with E-state index in [-0.39, 0.29) is 12.4 Å². The number of hydrogen-bond acceptors (Lipinski definition) is 4. The number of nitrogens with one attached hydrogen (secondary N) is 1. The second-order valence-corrected chi connectivity index (χ2v) is 8.35. The molecular weight excluding hydrogens is 497 g/mol. The fourth-order valence-electron chi connectivity index (χ4n) is 3.24. The van der Waals surface area contributed by atoms with Crippen molar-refractivity contribution in [2.24, 2.45) is 0 Å². The summed E-state index contributed by atoms with van der Waals surface area (Å²) in [5, 5.41) is 3.80. The summed E-state index contributed by atoms with van der Waals surface area (Å²) in [5.74, 6) is 1.77. The van der Waals surface area contributed by atoms with Gasteiger partial charge >= 0.3 is 0 Å². The molecule has 0 atom stereocenters. The lowest BCUT2D eigenvalue weighted by molar-refractivity contribution is 0.269. The summed E-state index contributed by atoms with van der Waals surface area (Å²) in [6.07, 6.45) is 0.861. The number of halogens is 3. The lowest BCUT2D eigenvalue weighted by atomic mass is 10.1. The molecule has 3 aromatic rings. The van der Waals surface area contributed by atoms with E-state index in [4.69, 9.17) is 25.8 Å². The Labute approximate surface area is 201 Å². The molecular formula is C25H26BrClFNO3. The molecule has 0 aliphatic rings. The molecule has 0 saturated carbocycles. The lowest BCUT2D eigenvalue weighted by Crippen LogP contribution is -2.17. The molecule has 170 valence electrons. The van der Waals surface area contributed by atoms with Gasteiger partial charge in [-0.1, -0.05) is 51.8 Å². The summed E-state index contributed by atoms with van der Waals surface area (Å²) in [4.78, 5) is 0. The van der Waals surface area contributed by atoms with Crippen molar-refractivity contribution < 1.29 is 18.6 Å². The zero-order chi connectivity index (χ0) is 22.9. The van der Waals surface area contributed by atoms with Crippen LogP contribution in [0.2, 0.25) is 5.02 Å². The minimum absolute atomic E-state index is 0.210. The van der Waals surface area contributed by atoms with E-state index in [9.17, 15) is 4.39 Å². The lowest BCUT2D eigenvalue weighted by Gasteiger charge is -2.16. The van der Waals surface area contributed by atoms with Gasteiger partial charge < -0.3 is 19.5 Å². The molecule has 1 N–H and O–H groups in total. The van der Waals surface area contributed by atoms with Crippen molar-refractivity contribution >= 4 is 27.5 Å². The Hall–Kier alpha value is -2.28. The van der Waals surface area contributed by atoms with E-state index >= 15 is 0 Å². The van der Waals surface area contributed by atoms with Crippen molar-refractivity contribution in [1.29, 1.82) is 0 Å². The highest BCUT2D eigenvalue weighted by molar-refractivity contribution is 9.10. The van der Waals surface area contributed by atoms with Crippen LogP contribution in [0.3, 0.4) is 0 Å². The van der Waals surface area contributed by atoms with E-state index in [0.29, 0.717) is 35.2 Å². The van der Waals surface area contributed by atoms with Crippen LogP contribution in [0.4, 0.5) is 4.39 Å². The molecule has 0 amide bonds. The molecule has 3 aromatic carbocycles. The van der Waals surface area contributed by atoms with Gasteiger partial charge in [-0.25, -0.2) is 4.39 Å². The first kappa shape index (κ1) is 24.4. The SMILES string of the molecule is CCOc1cc(CNCCc2ccccc2OC)c(Br)cc1OCc1ccc(F)cc1Cl. The summed E-state index contributed by atoms with van der Waals surface area (Å²) in [5.41, 5.74) is 2.93. The minimum atomic E-state index is -0.376. The third kappa shape index (κ3) is 6.61. The highest BCUT2D eigenvalue weighted by Crippen LogP contribution is 2.35. The number of methoxy groups -OCH3 is 1. The summed E-state index contributed by atoms with van der Waals surface area (Å²) in [6.45, 7) is 4.11. The molecule has 0 heterocycles. The van der Waals surface area contributed by atoms with Gasteiger partial charge in [-0.3, -0.25) is 0 Å². The van der Waals surface area contributed by atoms with Crippen molar-refractivity contribution in [2.75, 3.05) is 20.3 Å². The summed E-state index contributed by atoms with van der Waals surface area (Å²) < 4.78 is 31.3. The van der Waals surface area contributed by atoms with Crippen LogP contribution in [-0.2, 0) is 19.6 Å². The van der Waals surface area contributed by atoms with Gasteiger partial charge in [0.1, 0.15) is 18.2 Å². The predicted molar refractivity (Wildman–Crippen MR) is 129 cm³/mol. The number of rotatable bonds is 11. The molecule has 0 unspecified atom stereocenters. The van der Waals surface area contributed by atoms with Crippen molar-refractivity contribution in [3.05, 3.63) is 86.6 Å². The second-order valence-electron chi connectivity index (χ2n) is 7.09. The van der Waals surface area contributed by atoms with E-state index in [1.807, 2.05) is 37.3 Å². The van der Waals surface area contributed by atoms with Crippen molar-refractivity contribution in [3.63, 3.8) is 0 Å². The second kappa shape index (κ2) is 12.1. The third-order valence-corrected chi connectivity index (χ3v) is 5.98. The van der Waals surface area contributed by atoms with Gasteiger partial charge in [0.05, 0.1) is 18.7 Å². The van der Waals surface area contributed by atoms with Gasteiger partial charge in [0.2, 0.25) is 0 Å². The number of para-hydroxylation sites is 1. The topological polar surface area (TPSA) is 39.7 Å². The molecule has 0 fully saturated rings. The molecule has 3 rings (SSSR count). The first-order chi connectivity index (χ1) is 15.5. The molecule has 32 heavy (non-hydrogen) atoms. The average Bonchev–Trinajstić information content (AvgIpc) is 2.78. The van der Waals surface area contributed by atoms with Crippen molar-refractivity contribution in [3.8, 4) is 17.2 Å². The van der Waals surface area contributed by atoms with Crippen LogP contribution in [0.15, 0.2) is 59.1 Å². The fourth-order valence-corrected chi connectivity index (χ4v) is 3.93. The van der Waals surface area contributed by atoms with Gasteiger partial charge in [-0.2, -0.15) is 0 Å². The van der Waals surface area contributed by atoms with Crippen LogP contribution < -0.4 is 19.5 Å². The monoisotopic (exact) mass is 521 g/mol. The maximum atomic E-state index is 13.3. The van der Waals surface area contributed by atoms with Crippen LogP contribution in [0.5, 0.6) is 17.2 Å². The first-order valence-electron chi connectivity index (χ1n) is 10.4. The van der Waals surface area contributed by atoms with E-state index in [1.165, 1.54) is 17.7 Å². The highest BCUT2D eigenvalue weighted by Gasteiger charge is 2.12. The fraction of sp³-hybridized carbons (Fsp3) is 0.280. The van der Waals surface area contributed by atoms with Gasteiger partial charge in [0, 0.05) is 16.6 Å². The number of ether oxygens (including phenoxy) is 3. The maximum absolute atomic E-state index is 13.3. The summed E-state index contributed by atoms with van der Waals surface area (Å²) in [7, 11) is 1.69. The van der Waals surface area contributed by atoms with Crippen molar-refractivity contribution in [2.45, 2.75) is 26.5 Å². The molecule has 0 radical (unpaired) electrons. The summed E-state index contributed by atoms with van der Waals surface area (Å²) in [6, 6.07) is 16.1. The molecule has 0 aliphatic carbocycles. The Morgan fingerprint density at radius 3 is 2.47 bits per heavy atom. The van der Waals surface area contributed by atoms with E-state index < -0.39 is 0 Å². The molecule has 0 aliphatic heterocycles. The van der Waals surface area contributed by atoms with Crippen LogP contribution in [0.25, 0.3) is 0 Å². The van der Waals surface area contributed by atoms with Crippen LogP contribution in [0, 0.1) is 5.82 Å². The van der Waals surface area contributed by atoms with Crippen LogP contribution >= 0.6 is 27.5 Å². The predicted octanol–water partition coefficient (Wildman–Crippen LogP) is 6.56. The molecule has 7 heteroatoms. The maximum Gasteiger partial charge on any atom is 0.162 e.